The number of aliphatic hydroxyl groups excluding tert-OH is 1. The van der Waals surface area contributed by atoms with Gasteiger partial charge in [-0.25, -0.2) is 4.79 Å². The van der Waals surface area contributed by atoms with E-state index in [1.807, 2.05) is 0 Å². The van der Waals surface area contributed by atoms with Gasteiger partial charge in [0.05, 0.1) is 12.1 Å². The molecule has 0 aliphatic rings. The quantitative estimate of drug-likeness (QED) is 0.460. The molecule has 15 heavy (non-hydrogen) atoms. The third-order valence-electron chi connectivity index (χ3n) is 2.50. The molecule has 0 saturated heterocycles. The fourth-order valence-corrected chi connectivity index (χ4v) is 1.06. The molecule has 0 aromatic rings. The lowest BCUT2D eigenvalue weighted by Crippen LogP contribution is -2.57. The van der Waals surface area contributed by atoms with E-state index in [4.69, 9.17) is 15.9 Å². The van der Waals surface area contributed by atoms with E-state index in [9.17, 15) is 9.59 Å². The minimum atomic E-state index is -1.29. The lowest BCUT2D eigenvalue weighted by atomic mass is 9.93. The van der Waals surface area contributed by atoms with Crippen molar-refractivity contribution in [2.75, 3.05) is 6.61 Å². The molecule has 0 aliphatic carbocycles. The normalized spacial score (nSPS) is 13.3. The first-order valence-corrected chi connectivity index (χ1v) is 4.84. The highest BCUT2D eigenvalue weighted by atomic mass is 16.4. The third-order valence-corrected chi connectivity index (χ3v) is 2.50. The van der Waals surface area contributed by atoms with E-state index in [2.05, 4.69) is 5.32 Å². The van der Waals surface area contributed by atoms with Crippen LogP contribution >= 0.6 is 0 Å². The number of carboxylic acids is 1. The molecule has 0 aromatic carbocycles. The van der Waals surface area contributed by atoms with Gasteiger partial charge in [-0.2, -0.15) is 0 Å². The van der Waals surface area contributed by atoms with Gasteiger partial charge in [0.2, 0.25) is 5.91 Å². The Hall–Kier alpha value is -1.14. The Bertz CT molecular complexity index is 238. The minimum Gasteiger partial charge on any atom is -0.480 e. The minimum absolute atomic E-state index is 0.410. The first-order valence-electron chi connectivity index (χ1n) is 4.84. The van der Waals surface area contributed by atoms with Crippen molar-refractivity contribution in [2.45, 2.75) is 38.3 Å². The molecule has 0 heterocycles. The Balaban J connectivity index is 4.52. The molecule has 6 heteroatoms. The van der Waals surface area contributed by atoms with Crippen LogP contribution in [0.15, 0.2) is 0 Å². The number of carbonyl (C=O) groups excluding carboxylic acids is 1. The fraction of sp³-hybridized carbons (Fsp3) is 0.778. The van der Waals surface area contributed by atoms with E-state index in [0.717, 1.165) is 0 Å². The molecule has 0 radical (unpaired) electrons. The zero-order valence-electron chi connectivity index (χ0n) is 8.99. The summed E-state index contributed by atoms with van der Waals surface area (Å²) in [6.45, 7) is 2.85. The number of nitrogens with two attached hydrogens (primary N) is 1. The molecule has 0 aliphatic heterocycles. The molecule has 0 spiro atoms. The van der Waals surface area contributed by atoms with Gasteiger partial charge < -0.3 is 21.3 Å². The topological polar surface area (TPSA) is 113 Å². The Labute approximate surface area is 88.5 Å². The van der Waals surface area contributed by atoms with Crippen molar-refractivity contribution in [3.63, 3.8) is 0 Å². The average molecular weight is 218 g/mol. The molecule has 88 valence electrons. The first kappa shape index (κ1) is 13.9. The van der Waals surface area contributed by atoms with Crippen LogP contribution in [0.25, 0.3) is 0 Å². The molecule has 1 atom stereocenters. The van der Waals surface area contributed by atoms with Crippen molar-refractivity contribution < 1.29 is 19.8 Å². The second-order valence-corrected chi connectivity index (χ2v) is 3.41. The molecular weight excluding hydrogens is 200 g/mol. The second-order valence-electron chi connectivity index (χ2n) is 3.41. The highest BCUT2D eigenvalue weighted by Crippen LogP contribution is 2.11. The van der Waals surface area contributed by atoms with E-state index in [-0.39, 0.29) is 0 Å². The lowest BCUT2D eigenvalue weighted by molar-refractivity contribution is -0.143. The molecule has 0 rings (SSSR count). The number of nitrogens with one attached hydrogen (secondary N) is 1. The number of hydrogen-bond acceptors (Lipinski definition) is 4. The van der Waals surface area contributed by atoms with Crippen molar-refractivity contribution in [1.29, 1.82) is 0 Å². The van der Waals surface area contributed by atoms with Crippen LogP contribution in [-0.4, -0.2) is 40.3 Å². The molecule has 0 fully saturated rings. The lowest BCUT2D eigenvalue weighted by Gasteiger charge is -2.26. The summed E-state index contributed by atoms with van der Waals surface area (Å²) < 4.78 is 0. The van der Waals surface area contributed by atoms with Crippen molar-refractivity contribution in [3.05, 3.63) is 0 Å². The summed E-state index contributed by atoms with van der Waals surface area (Å²) in [6, 6.07) is -1.29. The van der Waals surface area contributed by atoms with Gasteiger partial charge in [0, 0.05) is 0 Å². The zero-order chi connectivity index (χ0) is 12.1. The Kier molecular flexibility index (Phi) is 5.24. The van der Waals surface area contributed by atoms with Crippen molar-refractivity contribution in [1.82, 2.24) is 5.32 Å². The summed E-state index contributed by atoms with van der Waals surface area (Å²) in [6.07, 6.45) is 0.820. The van der Waals surface area contributed by atoms with Gasteiger partial charge in [0.25, 0.3) is 0 Å². The number of carboxylic acid groups (broad SMARTS) is 1. The van der Waals surface area contributed by atoms with Gasteiger partial charge in [0.1, 0.15) is 6.04 Å². The van der Waals surface area contributed by atoms with E-state index in [1.165, 1.54) is 0 Å². The van der Waals surface area contributed by atoms with Crippen LogP contribution in [0.3, 0.4) is 0 Å². The SMILES string of the molecule is CCC(N)(CC)C(=O)NC(CO)C(=O)O. The Morgan fingerprint density at radius 3 is 2.13 bits per heavy atom. The largest absolute Gasteiger partial charge is 0.480 e. The molecular formula is C9H18N2O4. The number of hydrogen-bond donors (Lipinski definition) is 4. The highest BCUT2D eigenvalue weighted by molar-refractivity contribution is 5.89. The highest BCUT2D eigenvalue weighted by Gasteiger charge is 2.32. The molecule has 0 saturated carbocycles. The van der Waals surface area contributed by atoms with Crippen molar-refractivity contribution in [3.8, 4) is 0 Å². The maximum atomic E-state index is 11.6. The van der Waals surface area contributed by atoms with Crippen LogP contribution in [0, 0.1) is 0 Å². The number of aliphatic carboxylic acids is 1. The third kappa shape index (κ3) is 3.49. The summed E-state index contributed by atoms with van der Waals surface area (Å²) >= 11 is 0. The Morgan fingerprint density at radius 2 is 1.87 bits per heavy atom. The maximum Gasteiger partial charge on any atom is 0.328 e. The monoisotopic (exact) mass is 218 g/mol. The summed E-state index contributed by atoms with van der Waals surface area (Å²) in [7, 11) is 0. The van der Waals surface area contributed by atoms with Crippen LogP contribution in [0.1, 0.15) is 26.7 Å². The van der Waals surface area contributed by atoms with E-state index in [0.29, 0.717) is 12.8 Å². The fourth-order valence-electron chi connectivity index (χ4n) is 1.06. The number of rotatable bonds is 6. The predicted octanol–water partition coefficient (Wildman–Crippen LogP) is -0.934. The summed E-state index contributed by atoms with van der Waals surface area (Å²) in [5.41, 5.74) is 4.69. The van der Waals surface area contributed by atoms with Gasteiger partial charge in [-0.1, -0.05) is 13.8 Å². The molecule has 0 aromatic heterocycles. The van der Waals surface area contributed by atoms with Crippen LogP contribution in [0.4, 0.5) is 0 Å². The summed E-state index contributed by atoms with van der Waals surface area (Å²) in [5, 5.41) is 19.5. The van der Waals surface area contributed by atoms with Crippen LogP contribution in [0.2, 0.25) is 0 Å². The van der Waals surface area contributed by atoms with Crippen LogP contribution in [0.5, 0.6) is 0 Å². The van der Waals surface area contributed by atoms with Gasteiger partial charge in [0.15, 0.2) is 0 Å². The van der Waals surface area contributed by atoms with Gasteiger partial charge >= 0.3 is 5.97 Å². The zero-order valence-corrected chi connectivity index (χ0v) is 8.99. The maximum absolute atomic E-state index is 11.6. The number of amides is 1. The van der Waals surface area contributed by atoms with Crippen LogP contribution in [-0.2, 0) is 9.59 Å². The molecule has 6 nitrogen and oxygen atoms in total. The van der Waals surface area contributed by atoms with Gasteiger partial charge in [-0.3, -0.25) is 4.79 Å². The van der Waals surface area contributed by atoms with Crippen molar-refractivity contribution in [2.24, 2.45) is 5.73 Å². The average Bonchev–Trinajstić information content (AvgIpc) is 2.23. The standard InChI is InChI=1S/C9H18N2O4/c1-3-9(10,4-2)8(15)11-6(5-12)7(13)14/h6,12H,3-5,10H2,1-2H3,(H,11,15)(H,13,14). The van der Waals surface area contributed by atoms with Crippen molar-refractivity contribution >= 4 is 11.9 Å². The van der Waals surface area contributed by atoms with E-state index in [1.54, 1.807) is 13.8 Å². The number of aliphatic hydroxyl groups is 1. The predicted molar refractivity (Wildman–Crippen MR) is 54.2 cm³/mol. The first-order chi connectivity index (χ1) is 6.91. The Morgan fingerprint density at radius 1 is 1.40 bits per heavy atom. The molecule has 5 N–H and O–H groups in total. The smallest absolute Gasteiger partial charge is 0.328 e. The number of carbonyl (C=O) groups is 2. The molecule has 1 amide bonds. The van der Waals surface area contributed by atoms with E-state index < -0.39 is 30.1 Å². The van der Waals surface area contributed by atoms with Gasteiger partial charge in [-0.15, -0.1) is 0 Å². The van der Waals surface area contributed by atoms with E-state index >= 15 is 0 Å². The molecule has 0 bridgehead atoms. The second kappa shape index (κ2) is 5.67. The summed E-state index contributed by atoms with van der Waals surface area (Å²) in [4.78, 5) is 22.1. The van der Waals surface area contributed by atoms with Crippen LogP contribution < -0.4 is 11.1 Å². The summed E-state index contributed by atoms with van der Waals surface area (Å²) in [5.74, 6) is -1.82. The molecule has 1 unspecified atom stereocenters. The van der Waals surface area contributed by atoms with Gasteiger partial charge in [-0.05, 0) is 12.8 Å².